The molecule has 4 N–H and O–H groups in total. The van der Waals surface area contributed by atoms with Gasteiger partial charge in [0, 0.05) is 38.6 Å². The molecule has 0 spiro atoms. The van der Waals surface area contributed by atoms with Crippen LogP contribution in [0.3, 0.4) is 0 Å². The number of carboxylic acid groups (broad SMARTS) is 1. The molecule has 2 saturated heterocycles. The molecular formula is C40H59N5O10S. The van der Waals surface area contributed by atoms with Gasteiger partial charge in [0.2, 0.25) is 21.8 Å². The molecular weight excluding hydrogens is 743 g/mol. The van der Waals surface area contributed by atoms with Crippen molar-refractivity contribution in [3.63, 3.8) is 0 Å². The molecule has 0 bridgehead atoms. The minimum absolute atomic E-state index is 0.00361. The second kappa shape index (κ2) is 20.1. The molecule has 3 atom stereocenters. The van der Waals surface area contributed by atoms with Gasteiger partial charge in [-0.1, -0.05) is 30.3 Å². The van der Waals surface area contributed by atoms with Crippen LogP contribution < -0.4 is 15.4 Å². The molecule has 2 aromatic rings. The zero-order valence-corrected chi connectivity index (χ0v) is 34.1. The maximum Gasteiger partial charge on any atom is 0.410 e. The Bertz CT molecular complexity index is 1780. The number of esters is 1. The number of amides is 4. The molecule has 56 heavy (non-hydrogen) atoms. The van der Waals surface area contributed by atoms with E-state index in [4.69, 9.17) is 9.47 Å². The molecule has 0 saturated carbocycles. The number of carbonyl (C=O) groups excluding carboxylic acids is 4. The van der Waals surface area contributed by atoms with E-state index in [1.165, 1.54) is 24.0 Å². The first-order chi connectivity index (χ1) is 26.5. The SMILES string of the molecule is CCOC(=O)C(CNC(=O)C(C)NC(=O)C(CCC1CCN(C(=O)O)CC1)CCC1CCN(C(=O)OC(C)(C)C)CC1)NS(=O)(=O)c1ccc2ccccc2c1. The minimum Gasteiger partial charge on any atom is -0.465 e. The van der Waals surface area contributed by atoms with Gasteiger partial charge in [0.05, 0.1) is 11.5 Å². The molecule has 4 rings (SSSR count). The molecule has 2 heterocycles. The van der Waals surface area contributed by atoms with Crippen molar-refractivity contribution in [1.29, 1.82) is 0 Å². The fourth-order valence-corrected chi connectivity index (χ4v) is 8.40. The van der Waals surface area contributed by atoms with Crippen LogP contribution in [0, 0.1) is 17.8 Å². The predicted octanol–water partition coefficient (Wildman–Crippen LogP) is 4.88. The molecule has 310 valence electrons. The van der Waals surface area contributed by atoms with Gasteiger partial charge in [-0.05, 0) is 121 Å². The summed E-state index contributed by atoms with van der Waals surface area (Å²) in [5, 5.41) is 16.3. The van der Waals surface area contributed by atoms with Gasteiger partial charge in [0.1, 0.15) is 17.7 Å². The molecule has 2 aliphatic heterocycles. The Morgan fingerprint density at radius 1 is 0.857 bits per heavy atom. The van der Waals surface area contributed by atoms with Crippen molar-refractivity contribution in [1.82, 2.24) is 25.2 Å². The molecule has 0 aromatic heterocycles. The lowest BCUT2D eigenvalue weighted by atomic mass is 9.84. The lowest BCUT2D eigenvalue weighted by Gasteiger charge is -2.34. The predicted molar refractivity (Wildman–Crippen MR) is 210 cm³/mol. The highest BCUT2D eigenvalue weighted by Crippen LogP contribution is 2.30. The van der Waals surface area contributed by atoms with Crippen LogP contribution in [0.25, 0.3) is 10.8 Å². The summed E-state index contributed by atoms with van der Waals surface area (Å²) in [6, 6.07) is 9.43. The summed E-state index contributed by atoms with van der Waals surface area (Å²) < 4.78 is 39.7. The van der Waals surface area contributed by atoms with Crippen LogP contribution in [0.4, 0.5) is 9.59 Å². The number of nitrogens with zero attached hydrogens (tertiary/aromatic N) is 2. The Labute approximate surface area is 330 Å². The maximum absolute atomic E-state index is 13.8. The Morgan fingerprint density at radius 3 is 1.98 bits per heavy atom. The zero-order chi connectivity index (χ0) is 41.0. The molecule has 15 nitrogen and oxygen atoms in total. The van der Waals surface area contributed by atoms with Gasteiger partial charge in [-0.25, -0.2) is 18.0 Å². The number of piperidine rings is 2. The van der Waals surface area contributed by atoms with Crippen molar-refractivity contribution in [3.8, 4) is 0 Å². The second-order valence-electron chi connectivity index (χ2n) is 15.9. The van der Waals surface area contributed by atoms with E-state index in [1.54, 1.807) is 30.0 Å². The molecule has 2 aromatic carbocycles. The average Bonchev–Trinajstić information content (AvgIpc) is 3.15. The maximum atomic E-state index is 13.8. The van der Waals surface area contributed by atoms with Crippen molar-refractivity contribution in [2.24, 2.45) is 17.8 Å². The molecule has 2 aliphatic rings. The van der Waals surface area contributed by atoms with Gasteiger partial charge in [-0.2, -0.15) is 4.72 Å². The van der Waals surface area contributed by atoms with Crippen LogP contribution in [-0.4, -0.2) is 110 Å². The third-order valence-electron chi connectivity index (χ3n) is 10.5. The number of carbonyl (C=O) groups is 5. The summed E-state index contributed by atoms with van der Waals surface area (Å²) in [5.41, 5.74) is -0.578. The molecule has 2 fully saturated rings. The quantitative estimate of drug-likeness (QED) is 0.170. The molecule has 0 aliphatic carbocycles. The lowest BCUT2D eigenvalue weighted by molar-refractivity contribution is -0.145. The number of sulfonamides is 1. The Morgan fingerprint density at radius 2 is 1.43 bits per heavy atom. The van der Waals surface area contributed by atoms with E-state index < -0.39 is 58.1 Å². The summed E-state index contributed by atoms with van der Waals surface area (Å²) in [7, 11) is -4.20. The minimum atomic E-state index is -4.20. The van der Waals surface area contributed by atoms with Crippen LogP contribution in [0.2, 0.25) is 0 Å². The Balaban J connectivity index is 1.35. The Kier molecular flexibility index (Phi) is 15.9. The van der Waals surface area contributed by atoms with Crippen molar-refractivity contribution in [2.45, 2.75) is 109 Å². The standard InChI is InChI=1S/C40H59N5O10S/c1-6-54-37(48)34(43-56(52,53)33-16-15-30-9-7-8-10-32(30)25-33)26-41-35(46)27(2)42-36(47)31(13-11-28-17-21-44(22-18-28)38(49)50)14-12-29-19-23-45(24-20-29)39(51)55-40(3,4)5/h7-10,15-16,25,27-29,31,34,43H,6,11-14,17-24,26H2,1-5H3,(H,41,46)(H,42,47)(H,49,50). The highest BCUT2D eigenvalue weighted by molar-refractivity contribution is 7.89. The molecule has 16 heteroatoms. The third kappa shape index (κ3) is 13.4. The van der Waals surface area contributed by atoms with E-state index in [1.807, 2.05) is 32.9 Å². The van der Waals surface area contributed by atoms with Crippen molar-refractivity contribution < 1.29 is 47.0 Å². The van der Waals surface area contributed by atoms with Crippen molar-refractivity contribution in [3.05, 3.63) is 42.5 Å². The smallest absolute Gasteiger partial charge is 0.410 e. The van der Waals surface area contributed by atoms with E-state index in [0.29, 0.717) is 50.3 Å². The number of fused-ring (bicyclic) bond motifs is 1. The molecule has 3 unspecified atom stereocenters. The highest BCUT2D eigenvalue weighted by Gasteiger charge is 2.32. The van der Waals surface area contributed by atoms with Crippen LogP contribution in [0.1, 0.15) is 86.0 Å². The highest BCUT2D eigenvalue weighted by atomic mass is 32.2. The van der Waals surface area contributed by atoms with Gasteiger partial charge >= 0.3 is 18.2 Å². The van der Waals surface area contributed by atoms with E-state index in [-0.39, 0.29) is 29.4 Å². The van der Waals surface area contributed by atoms with Gasteiger partial charge in [0.15, 0.2) is 0 Å². The zero-order valence-electron chi connectivity index (χ0n) is 33.3. The van der Waals surface area contributed by atoms with Gasteiger partial charge in [-0.15, -0.1) is 0 Å². The second-order valence-corrected chi connectivity index (χ2v) is 17.6. The van der Waals surface area contributed by atoms with Crippen LogP contribution >= 0.6 is 0 Å². The van der Waals surface area contributed by atoms with E-state index in [0.717, 1.165) is 43.9 Å². The summed E-state index contributed by atoms with van der Waals surface area (Å²) >= 11 is 0. The number of nitrogens with one attached hydrogen (secondary N) is 3. The van der Waals surface area contributed by atoms with Gasteiger partial charge < -0.3 is 35.0 Å². The van der Waals surface area contributed by atoms with E-state index in [2.05, 4.69) is 15.4 Å². The van der Waals surface area contributed by atoms with E-state index >= 15 is 0 Å². The third-order valence-corrected chi connectivity index (χ3v) is 12.0. The summed E-state index contributed by atoms with van der Waals surface area (Å²) in [6.45, 7) is 10.3. The number of ether oxygens (including phenoxy) is 2. The van der Waals surface area contributed by atoms with Gasteiger partial charge in [-0.3, -0.25) is 14.4 Å². The number of hydrogen-bond acceptors (Lipinski definition) is 9. The first kappa shape index (κ1) is 44.3. The number of hydrogen-bond donors (Lipinski definition) is 4. The van der Waals surface area contributed by atoms with E-state index in [9.17, 15) is 37.5 Å². The largest absolute Gasteiger partial charge is 0.465 e. The Hall–Kier alpha value is -4.44. The normalized spacial score (nSPS) is 17.4. The number of benzene rings is 2. The number of rotatable bonds is 16. The summed E-state index contributed by atoms with van der Waals surface area (Å²) in [4.78, 5) is 66.9. The average molecular weight is 802 g/mol. The van der Waals surface area contributed by atoms with Crippen molar-refractivity contribution >= 4 is 50.8 Å². The summed E-state index contributed by atoms with van der Waals surface area (Å²) in [5.74, 6) is -1.58. The molecule has 0 radical (unpaired) electrons. The topological polar surface area (TPSA) is 201 Å². The van der Waals surface area contributed by atoms with Crippen LogP contribution in [0.5, 0.6) is 0 Å². The number of likely N-dealkylation sites (tertiary alicyclic amines) is 2. The monoisotopic (exact) mass is 801 g/mol. The fourth-order valence-electron chi connectivity index (χ4n) is 7.18. The lowest BCUT2D eigenvalue weighted by Crippen LogP contribution is -2.53. The molecule has 4 amide bonds. The fraction of sp³-hybridized carbons (Fsp3) is 0.625. The van der Waals surface area contributed by atoms with Crippen LogP contribution in [0.15, 0.2) is 47.4 Å². The first-order valence-electron chi connectivity index (χ1n) is 19.7. The first-order valence-corrected chi connectivity index (χ1v) is 21.2. The van der Waals surface area contributed by atoms with Crippen molar-refractivity contribution in [2.75, 3.05) is 39.3 Å². The summed E-state index contributed by atoms with van der Waals surface area (Å²) in [6.07, 6.45) is 4.39. The van der Waals surface area contributed by atoms with Crippen LogP contribution in [-0.2, 0) is 33.9 Å². The van der Waals surface area contributed by atoms with Gasteiger partial charge in [0.25, 0.3) is 0 Å².